The standard InChI is InChI=1S/C14H14N2O3/c15-6-7-16-14(18)9-19-11-4-5-12-10(8-11)2-1-3-13(12)17/h4-5,8H,1-3,7,9H2,(H,16,18). The maximum Gasteiger partial charge on any atom is 0.258 e. The molecule has 0 radical (unpaired) electrons. The van der Waals surface area contributed by atoms with Crippen LogP contribution in [0.25, 0.3) is 0 Å². The lowest BCUT2D eigenvalue weighted by molar-refractivity contribution is -0.122. The van der Waals surface area contributed by atoms with E-state index in [0.717, 1.165) is 24.0 Å². The molecule has 0 aromatic heterocycles. The van der Waals surface area contributed by atoms with Crippen molar-refractivity contribution in [3.63, 3.8) is 0 Å². The van der Waals surface area contributed by atoms with Crippen molar-refractivity contribution in [3.8, 4) is 11.8 Å². The third-order valence-corrected chi connectivity index (χ3v) is 2.96. The lowest BCUT2D eigenvalue weighted by Gasteiger charge is -2.15. The first-order valence-corrected chi connectivity index (χ1v) is 6.13. The number of ketones is 1. The molecule has 1 N–H and O–H groups in total. The number of fused-ring (bicyclic) bond motifs is 1. The van der Waals surface area contributed by atoms with Gasteiger partial charge in [-0.2, -0.15) is 5.26 Å². The van der Waals surface area contributed by atoms with Crippen molar-refractivity contribution in [1.82, 2.24) is 5.32 Å². The van der Waals surface area contributed by atoms with Gasteiger partial charge in [0.1, 0.15) is 12.3 Å². The van der Waals surface area contributed by atoms with Gasteiger partial charge in [-0.25, -0.2) is 0 Å². The molecular formula is C14H14N2O3. The fourth-order valence-electron chi connectivity index (χ4n) is 2.05. The summed E-state index contributed by atoms with van der Waals surface area (Å²) < 4.78 is 5.33. The van der Waals surface area contributed by atoms with E-state index in [-0.39, 0.29) is 24.8 Å². The highest BCUT2D eigenvalue weighted by Gasteiger charge is 2.17. The van der Waals surface area contributed by atoms with Crippen molar-refractivity contribution in [2.45, 2.75) is 19.3 Å². The molecule has 0 heterocycles. The molecule has 0 bridgehead atoms. The van der Waals surface area contributed by atoms with E-state index in [1.165, 1.54) is 0 Å². The molecule has 1 aliphatic rings. The summed E-state index contributed by atoms with van der Waals surface area (Å²) in [5.74, 6) is 0.399. The van der Waals surface area contributed by atoms with E-state index in [9.17, 15) is 9.59 Å². The monoisotopic (exact) mass is 258 g/mol. The molecular weight excluding hydrogens is 244 g/mol. The third-order valence-electron chi connectivity index (χ3n) is 2.96. The summed E-state index contributed by atoms with van der Waals surface area (Å²) in [6, 6.07) is 7.07. The molecule has 5 nitrogen and oxygen atoms in total. The van der Waals surface area contributed by atoms with Gasteiger partial charge in [0.25, 0.3) is 5.91 Å². The molecule has 1 aliphatic carbocycles. The number of rotatable bonds is 4. The van der Waals surface area contributed by atoms with Crippen LogP contribution in [0.5, 0.6) is 5.75 Å². The van der Waals surface area contributed by atoms with Gasteiger partial charge < -0.3 is 10.1 Å². The fraction of sp³-hybridized carbons (Fsp3) is 0.357. The molecule has 1 amide bonds. The number of ether oxygens (including phenoxy) is 1. The van der Waals surface area contributed by atoms with Crippen molar-refractivity contribution in [2.24, 2.45) is 0 Å². The predicted molar refractivity (Wildman–Crippen MR) is 67.8 cm³/mol. The Bertz CT molecular complexity index is 546. The van der Waals surface area contributed by atoms with E-state index in [1.54, 1.807) is 12.1 Å². The molecule has 1 aromatic carbocycles. The Labute approximate surface area is 111 Å². The van der Waals surface area contributed by atoms with Gasteiger partial charge in [0.2, 0.25) is 0 Å². The topological polar surface area (TPSA) is 79.2 Å². The van der Waals surface area contributed by atoms with Crippen LogP contribution in [0.1, 0.15) is 28.8 Å². The van der Waals surface area contributed by atoms with Gasteiger partial charge in [-0.15, -0.1) is 0 Å². The van der Waals surface area contributed by atoms with Crippen LogP contribution in [0.15, 0.2) is 18.2 Å². The van der Waals surface area contributed by atoms with E-state index in [1.807, 2.05) is 12.1 Å². The summed E-state index contributed by atoms with van der Waals surface area (Å²) in [6.45, 7) is -0.157. The van der Waals surface area contributed by atoms with Crippen LogP contribution >= 0.6 is 0 Å². The lowest BCUT2D eigenvalue weighted by atomic mass is 9.91. The summed E-state index contributed by atoms with van der Waals surface area (Å²) in [5.41, 5.74) is 1.73. The van der Waals surface area contributed by atoms with E-state index in [4.69, 9.17) is 10.00 Å². The first kappa shape index (κ1) is 13.1. The average Bonchev–Trinajstić information content (AvgIpc) is 2.43. The number of carbonyl (C=O) groups excluding carboxylic acids is 2. The van der Waals surface area contributed by atoms with Crippen molar-refractivity contribution >= 4 is 11.7 Å². The number of hydrogen-bond acceptors (Lipinski definition) is 4. The molecule has 19 heavy (non-hydrogen) atoms. The molecule has 1 aromatic rings. The molecule has 0 atom stereocenters. The second-order valence-electron chi connectivity index (χ2n) is 4.32. The smallest absolute Gasteiger partial charge is 0.258 e. The van der Waals surface area contributed by atoms with Crippen molar-refractivity contribution < 1.29 is 14.3 Å². The minimum atomic E-state index is -0.338. The lowest BCUT2D eigenvalue weighted by Crippen LogP contribution is -2.29. The Hall–Kier alpha value is -2.35. The first-order valence-electron chi connectivity index (χ1n) is 6.13. The number of Topliss-reactive ketones (excluding diaryl/α,β-unsaturated/α-hetero) is 1. The highest BCUT2D eigenvalue weighted by molar-refractivity contribution is 5.98. The highest BCUT2D eigenvalue weighted by atomic mass is 16.5. The summed E-state index contributed by atoms with van der Waals surface area (Å²) in [6.07, 6.45) is 2.32. The Balaban J connectivity index is 1.97. The zero-order valence-corrected chi connectivity index (χ0v) is 10.4. The SMILES string of the molecule is N#CCNC(=O)COc1ccc2c(c1)CCCC2=O. The fourth-order valence-corrected chi connectivity index (χ4v) is 2.05. The normalized spacial score (nSPS) is 13.3. The molecule has 0 unspecified atom stereocenters. The van der Waals surface area contributed by atoms with Gasteiger partial charge in [-0.1, -0.05) is 0 Å². The molecule has 0 aliphatic heterocycles. The Kier molecular flexibility index (Phi) is 4.14. The molecule has 0 saturated carbocycles. The minimum absolute atomic E-state index is 0.0269. The van der Waals surface area contributed by atoms with Gasteiger partial charge in [-0.3, -0.25) is 9.59 Å². The van der Waals surface area contributed by atoms with Crippen LogP contribution in [-0.4, -0.2) is 24.8 Å². The van der Waals surface area contributed by atoms with Crippen LogP contribution in [0.2, 0.25) is 0 Å². The number of amides is 1. The summed E-state index contributed by atoms with van der Waals surface area (Å²) in [4.78, 5) is 22.9. The maximum atomic E-state index is 11.6. The second-order valence-corrected chi connectivity index (χ2v) is 4.32. The highest BCUT2D eigenvalue weighted by Crippen LogP contribution is 2.25. The molecule has 98 valence electrons. The number of nitrogens with one attached hydrogen (secondary N) is 1. The quantitative estimate of drug-likeness (QED) is 0.824. The minimum Gasteiger partial charge on any atom is -0.484 e. The van der Waals surface area contributed by atoms with Gasteiger partial charge in [0.05, 0.1) is 6.07 Å². The summed E-state index contributed by atoms with van der Waals surface area (Å²) in [7, 11) is 0. The number of nitriles is 1. The van der Waals surface area contributed by atoms with Crippen LogP contribution in [0, 0.1) is 11.3 Å². The number of carbonyl (C=O) groups is 2. The Morgan fingerprint density at radius 3 is 3.05 bits per heavy atom. The van der Waals surface area contributed by atoms with Gasteiger partial charge in [-0.05, 0) is 36.6 Å². The van der Waals surface area contributed by atoms with Crippen LogP contribution in [0.4, 0.5) is 0 Å². The van der Waals surface area contributed by atoms with E-state index in [2.05, 4.69) is 5.32 Å². The van der Waals surface area contributed by atoms with Crippen LogP contribution in [0.3, 0.4) is 0 Å². The maximum absolute atomic E-state index is 11.6. The zero-order chi connectivity index (χ0) is 13.7. The summed E-state index contributed by atoms with van der Waals surface area (Å²) >= 11 is 0. The van der Waals surface area contributed by atoms with Crippen molar-refractivity contribution in [2.75, 3.05) is 13.2 Å². The number of nitrogens with zero attached hydrogens (tertiary/aromatic N) is 1. The van der Waals surface area contributed by atoms with Crippen LogP contribution in [-0.2, 0) is 11.2 Å². The van der Waals surface area contributed by atoms with Gasteiger partial charge in [0, 0.05) is 12.0 Å². The third kappa shape index (κ3) is 3.32. The van der Waals surface area contributed by atoms with Crippen molar-refractivity contribution in [1.29, 1.82) is 5.26 Å². The molecule has 0 saturated heterocycles. The number of benzene rings is 1. The zero-order valence-electron chi connectivity index (χ0n) is 10.4. The Morgan fingerprint density at radius 2 is 2.26 bits per heavy atom. The van der Waals surface area contributed by atoms with E-state index < -0.39 is 0 Å². The number of hydrogen-bond donors (Lipinski definition) is 1. The second kappa shape index (κ2) is 6.01. The van der Waals surface area contributed by atoms with E-state index in [0.29, 0.717) is 12.2 Å². The largest absolute Gasteiger partial charge is 0.484 e. The number of aryl methyl sites for hydroxylation is 1. The molecule has 0 spiro atoms. The van der Waals surface area contributed by atoms with Crippen LogP contribution < -0.4 is 10.1 Å². The van der Waals surface area contributed by atoms with Gasteiger partial charge in [0.15, 0.2) is 12.4 Å². The molecule has 5 heteroatoms. The first-order chi connectivity index (χ1) is 9.20. The van der Waals surface area contributed by atoms with Gasteiger partial charge >= 0.3 is 0 Å². The molecule has 2 rings (SSSR count). The molecule has 0 fully saturated rings. The average molecular weight is 258 g/mol. The summed E-state index contributed by atoms with van der Waals surface area (Å²) in [5, 5.41) is 10.7. The van der Waals surface area contributed by atoms with E-state index >= 15 is 0 Å². The Morgan fingerprint density at radius 1 is 1.42 bits per heavy atom. The predicted octanol–water partition coefficient (Wildman–Crippen LogP) is 1.22. The van der Waals surface area contributed by atoms with Crippen molar-refractivity contribution in [3.05, 3.63) is 29.3 Å².